The predicted molar refractivity (Wildman–Crippen MR) is 36.1 cm³/mol. The van der Waals surface area contributed by atoms with Crippen LogP contribution in [0.3, 0.4) is 0 Å². The fraction of sp³-hybridized carbons (Fsp3) is 0.500. The van der Waals surface area contributed by atoms with E-state index < -0.39 is 12.1 Å². The summed E-state index contributed by atoms with van der Waals surface area (Å²) in [6.07, 6.45) is -4.62. The van der Waals surface area contributed by atoms with Gasteiger partial charge in [-0.3, -0.25) is 4.79 Å². The van der Waals surface area contributed by atoms with Gasteiger partial charge in [0.1, 0.15) is 0 Å². The zero-order chi connectivity index (χ0) is 10.2. The van der Waals surface area contributed by atoms with Crippen LogP contribution in [0.25, 0.3) is 0 Å². The summed E-state index contributed by atoms with van der Waals surface area (Å²) in [7, 11) is 0. The molecular formula is C6H6F3N3O. The van der Waals surface area contributed by atoms with Gasteiger partial charge in [-0.2, -0.15) is 4.68 Å². The van der Waals surface area contributed by atoms with Crippen molar-refractivity contribution >= 4 is 5.78 Å². The third-order valence-corrected chi connectivity index (χ3v) is 1.47. The maximum Gasteiger partial charge on any atom is 0.506 e. The van der Waals surface area contributed by atoms with Crippen molar-refractivity contribution in [1.29, 1.82) is 0 Å². The Labute approximate surface area is 71.3 Å². The van der Waals surface area contributed by atoms with Crippen LogP contribution in [-0.2, 0) is 6.30 Å². The summed E-state index contributed by atoms with van der Waals surface area (Å²) in [5.41, 5.74) is -0.544. The highest BCUT2D eigenvalue weighted by atomic mass is 19.4. The SMILES string of the molecule is CC(=O)c1nnn(C(F)(F)F)c1C. The fourth-order valence-electron chi connectivity index (χ4n) is 0.895. The third-order valence-electron chi connectivity index (χ3n) is 1.47. The van der Waals surface area contributed by atoms with E-state index in [4.69, 9.17) is 0 Å². The van der Waals surface area contributed by atoms with Crippen LogP contribution in [0, 0.1) is 6.92 Å². The minimum atomic E-state index is -4.62. The first kappa shape index (κ1) is 9.69. The van der Waals surface area contributed by atoms with E-state index in [9.17, 15) is 18.0 Å². The molecule has 0 bridgehead atoms. The number of hydrogen-bond acceptors (Lipinski definition) is 3. The Morgan fingerprint density at radius 1 is 1.46 bits per heavy atom. The average Bonchev–Trinajstić information content (AvgIpc) is 2.28. The predicted octanol–water partition coefficient (Wildman–Crippen LogP) is 1.27. The second-order valence-electron chi connectivity index (χ2n) is 2.46. The van der Waals surface area contributed by atoms with Gasteiger partial charge in [-0.05, 0) is 6.92 Å². The summed E-state index contributed by atoms with van der Waals surface area (Å²) in [5, 5.41) is 5.95. The van der Waals surface area contributed by atoms with Gasteiger partial charge >= 0.3 is 6.30 Å². The van der Waals surface area contributed by atoms with Crippen molar-refractivity contribution in [2.24, 2.45) is 0 Å². The molecule has 0 saturated heterocycles. The van der Waals surface area contributed by atoms with Crippen LogP contribution in [0.5, 0.6) is 0 Å². The average molecular weight is 193 g/mol. The van der Waals surface area contributed by atoms with E-state index in [0.29, 0.717) is 0 Å². The first-order chi connectivity index (χ1) is 5.84. The van der Waals surface area contributed by atoms with Crippen LogP contribution in [0.1, 0.15) is 23.1 Å². The molecule has 0 radical (unpaired) electrons. The van der Waals surface area contributed by atoms with Gasteiger partial charge in [-0.15, -0.1) is 18.3 Å². The third kappa shape index (κ3) is 1.68. The number of Topliss-reactive ketones (excluding diaryl/α,β-unsaturated/α-hetero) is 1. The van der Waals surface area contributed by atoms with Crippen molar-refractivity contribution in [2.45, 2.75) is 20.1 Å². The van der Waals surface area contributed by atoms with E-state index in [1.807, 2.05) is 0 Å². The Hall–Kier alpha value is -1.40. The molecule has 72 valence electrons. The summed E-state index contributed by atoms with van der Waals surface area (Å²) in [4.78, 5) is 10.7. The maximum absolute atomic E-state index is 12.1. The van der Waals surface area contributed by atoms with Gasteiger partial charge in [0.05, 0.1) is 5.69 Å². The first-order valence-electron chi connectivity index (χ1n) is 3.34. The van der Waals surface area contributed by atoms with Crippen LogP contribution in [0.2, 0.25) is 0 Å². The van der Waals surface area contributed by atoms with Crippen molar-refractivity contribution < 1.29 is 18.0 Å². The van der Waals surface area contributed by atoms with E-state index >= 15 is 0 Å². The van der Waals surface area contributed by atoms with Crippen molar-refractivity contribution in [3.05, 3.63) is 11.4 Å². The number of aromatic nitrogens is 3. The molecule has 0 amide bonds. The molecule has 0 aliphatic heterocycles. The zero-order valence-corrected chi connectivity index (χ0v) is 6.88. The molecule has 1 heterocycles. The lowest BCUT2D eigenvalue weighted by molar-refractivity contribution is -0.214. The van der Waals surface area contributed by atoms with Gasteiger partial charge in [-0.1, -0.05) is 5.21 Å². The molecule has 0 aromatic carbocycles. The van der Waals surface area contributed by atoms with E-state index in [2.05, 4.69) is 10.3 Å². The molecule has 0 spiro atoms. The minimum absolute atomic E-state index is 0.232. The first-order valence-corrected chi connectivity index (χ1v) is 3.34. The molecule has 1 aromatic heterocycles. The summed E-state index contributed by atoms with van der Waals surface area (Å²) < 4.78 is 36.0. The Balaban J connectivity index is 3.22. The summed E-state index contributed by atoms with van der Waals surface area (Å²) >= 11 is 0. The largest absolute Gasteiger partial charge is 0.506 e. The van der Waals surface area contributed by atoms with Gasteiger partial charge in [0.2, 0.25) is 0 Å². The molecular weight excluding hydrogens is 187 g/mol. The summed E-state index contributed by atoms with van der Waals surface area (Å²) in [6, 6.07) is 0. The molecule has 4 nitrogen and oxygen atoms in total. The normalized spacial score (nSPS) is 11.8. The molecule has 0 fully saturated rings. The van der Waals surface area contributed by atoms with E-state index in [0.717, 1.165) is 13.8 Å². The van der Waals surface area contributed by atoms with Gasteiger partial charge in [0.25, 0.3) is 0 Å². The number of alkyl halides is 3. The van der Waals surface area contributed by atoms with Crippen molar-refractivity contribution in [3.8, 4) is 0 Å². The lowest BCUT2D eigenvalue weighted by Crippen LogP contribution is -2.20. The highest BCUT2D eigenvalue weighted by Crippen LogP contribution is 2.23. The molecule has 1 aromatic rings. The molecule has 13 heavy (non-hydrogen) atoms. The second kappa shape index (κ2) is 2.82. The van der Waals surface area contributed by atoms with E-state index in [-0.39, 0.29) is 16.1 Å². The molecule has 7 heteroatoms. The Morgan fingerprint density at radius 3 is 2.23 bits per heavy atom. The fourth-order valence-corrected chi connectivity index (χ4v) is 0.895. The van der Waals surface area contributed by atoms with Crippen molar-refractivity contribution in [2.75, 3.05) is 0 Å². The number of carbonyl (C=O) groups is 1. The Bertz CT molecular complexity index is 341. The van der Waals surface area contributed by atoms with E-state index in [1.165, 1.54) is 0 Å². The van der Waals surface area contributed by atoms with Crippen LogP contribution in [0.15, 0.2) is 0 Å². The number of nitrogens with zero attached hydrogens (tertiary/aromatic N) is 3. The van der Waals surface area contributed by atoms with Crippen molar-refractivity contribution in [1.82, 2.24) is 15.0 Å². The van der Waals surface area contributed by atoms with Crippen LogP contribution < -0.4 is 0 Å². The molecule has 0 aliphatic rings. The van der Waals surface area contributed by atoms with Crippen LogP contribution >= 0.6 is 0 Å². The van der Waals surface area contributed by atoms with Crippen LogP contribution in [-0.4, -0.2) is 20.8 Å². The minimum Gasteiger partial charge on any atom is -0.293 e. The zero-order valence-electron chi connectivity index (χ0n) is 6.88. The number of ketones is 1. The number of hydrogen-bond donors (Lipinski definition) is 0. The van der Waals surface area contributed by atoms with Gasteiger partial charge < -0.3 is 0 Å². The molecule has 1 rings (SSSR count). The molecule has 0 unspecified atom stereocenters. The van der Waals surface area contributed by atoms with E-state index in [1.54, 1.807) is 0 Å². The highest BCUT2D eigenvalue weighted by molar-refractivity contribution is 5.92. The summed E-state index contributed by atoms with van der Waals surface area (Å²) in [6.45, 7) is 2.28. The Kier molecular flexibility index (Phi) is 2.10. The highest BCUT2D eigenvalue weighted by Gasteiger charge is 2.35. The van der Waals surface area contributed by atoms with Gasteiger partial charge in [0.15, 0.2) is 11.5 Å². The molecule has 0 saturated carbocycles. The summed E-state index contributed by atoms with van der Waals surface area (Å²) in [5.74, 6) is -0.534. The smallest absolute Gasteiger partial charge is 0.293 e. The number of rotatable bonds is 1. The lowest BCUT2D eigenvalue weighted by Gasteiger charge is -2.05. The van der Waals surface area contributed by atoms with Gasteiger partial charge in [0, 0.05) is 6.92 Å². The molecule has 0 atom stereocenters. The lowest BCUT2D eigenvalue weighted by atomic mass is 10.2. The second-order valence-corrected chi connectivity index (χ2v) is 2.46. The van der Waals surface area contributed by atoms with Gasteiger partial charge in [-0.25, -0.2) is 0 Å². The monoisotopic (exact) mass is 193 g/mol. The standard InChI is InChI=1S/C6H6F3N3O/c1-3-5(4(2)13)10-11-12(3)6(7,8)9/h1-2H3. The topological polar surface area (TPSA) is 47.8 Å². The maximum atomic E-state index is 12.1. The molecule has 0 N–H and O–H groups in total. The van der Waals surface area contributed by atoms with Crippen molar-refractivity contribution in [3.63, 3.8) is 0 Å². The molecule has 0 aliphatic carbocycles. The Morgan fingerprint density at radius 2 is 2.00 bits per heavy atom. The number of carbonyl (C=O) groups excluding carboxylic acids is 1. The van der Waals surface area contributed by atoms with Crippen LogP contribution in [0.4, 0.5) is 13.2 Å². The quantitative estimate of drug-likeness (QED) is 0.631. The number of halogens is 3.